The summed E-state index contributed by atoms with van der Waals surface area (Å²) in [6.07, 6.45) is 3.45. The highest BCUT2D eigenvalue weighted by molar-refractivity contribution is 8.18. The van der Waals surface area contributed by atoms with Crippen LogP contribution in [0.3, 0.4) is 0 Å². The van der Waals surface area contributed by atoms with Crippen molar-refractivity contribution in [1.82, 2.24) is 10.2 Å². The molecule has 1 aromatic carbocycles. The van der Waals surface area contributed by atoms with Gasteiger partial charge in [0, 0.05) is 24.8 Å². The lowest BCUT2D eigenvalue weighted by Crippen LogP contribution is -2.41. The number of imide groups is 1. The molecule has 2 saturated heterocycles. The second-order valence-electron chi connectivity index (χ2n) is 6.31. The van der Waals surface area contributed by atoms with Crippen molar-refractivity contribution in [2.24, 2.45) is 0 Å². The van der Waals surface area contributed by atoms with Crippen molar-refractivity contribution in [3.63, 3.8) is 0 Å². The van der Waals surface area contributed by atoms with E-state index in [4.69, 9.17) is 14.2 Å². The Kier molecular flexibility index (Phi) is 6.58. The molecule has 2 aliphatic heterocycles. The van der Waals surface area contributed by atoms with E-state index in [1.807, 2.05) is 0 Å². The van der Waals surface area contributed by atoms with Crippen LogP contribution in [0.2, 0.25) is 0 Å². The first-order chi connectivity index (χ1) is 13.5. The van der Waals surface area contributed by atoms with Crippen molar-refractivity contribution in [3.05, 3.63) is 28.7 Å². The van der Waals surface area contributed by atoms with Crippen LogP contribution >= 0.6 is 11.8 Å². The zero-order valence-electron chi connectivity index (χ0n) is 15.7. The van der Waals surface area contributed by atoms with Crippen molar-refractivity contribution in [1.29, 1.82) is 0 Å². The van der Waals surface area contributed by atoms with Gasteiger partial charge in [-0.2, -0.15) is 0 Å². The van der Waals surface area contributed by atoms with Gasteiger partial charge in [0.2, 0.25) is 5.91 Å². The Labute approximate surface area is 167 Å². The molecule has 1 N–H and O–H groups in total. The maximum atomic E-state index is 12.6. The summed E-state index contributed by atoms with van der Waals surface area (Å²) in [5, 5.41) is 2.24. The van der Waals surface area contributed by atoms with Crippen molar-refractivity contribution in [2.45, 2.75) is 18.9 Å². The molecule has 2 heterocycles. The average Bonchev–Trinajstić information content (AvgIpc) is 3.31. The van der Waals surface area contributed by atoms with Gasteiger partial charge >= 0.3 is 0 Å². The summed E-state index contributed by atoms with van der Waals surface area (Å²) in [5.41, 5.74) is 0.636. The van der Waals surface area contributed by atoms with Gasteiger partial charge in [0.05, 0.1) is 25.2 Å². The zero-order chi connectivity index (χ0) is 20.1. The van der Waals surface area contributed by atoms with E-state index in [-0.39, 0.29) is 23.5 Å². The lowest BCUT2D eigenvalue weighted by molar-refractivity contribution is -0.129. The number of hydrogen-bond acceptors (Lipinski definition) is 7. The highest BCUT2D eigenvalue weighted by atomic mass is 32.2. The molecule has 0 aliphatic carbocycles. The van der Waals surface area contributed by atoms with Crippen LogP contribution in [0.15, 0.2) is 23.1 Å². The Morgan fingerprint density at radius 1 is 1.36 bits per heavy atom. The number of methoxy groups -OCH3 is 2. The summed E-state index contributed by atoms with van der Waals surface area (Å²) < 4.78 is 15.9. The minimum atomic E-state index is -0.500. The second kappa shape index (κ2) is 9.11. The van der Waals surface area contributed by atoms with Crippen molar-refractivity contribution >= 4 is 34.9 Å². The first-order valence-electron chi connectivity index (χ1n) is 8.87. The van der Waals surface area contributed by atoms with Crippen LogP contribution in [0.1, 0.15) is 18.4 Å². The number of rotatable bonds is 7. The van der Waals surface area contributed by atoms with Crippen LogP contribution in [0.5, 0.6) is 11.5 Å². The van der Waals surface area contributed by atoms with Gasteiger partial charge in [-0.25, -0.2) is 0 Å². The zero-order valence-corrected chi connectivity index (χ0v) is 16.5. The van der Waals surface area contributed by atoms with Gasteiger partial charge in [0.25, 0.3) is 11.1 Å². The fraction of sp³-hybridized carbons (Fsp3) is 0.421. The molecule has 150 valence electrons. The van der Waals surface area contributed by atoms with E-state index in [0.29, 0.717) is 30.2 Å². The Hall–Kier alpha value is -2.52. The summed E-state index contributed by atoms with van der Waals surface area (Å²) in [7, 11) is 3.06. The average molecular weight is 406 g/mol. The number of nitrogens with one attached hydrogen (secondary N) is 1. The Morgan fingerprint density at radius 2 is 2.18 bits per heavy atom. The predicted molar refractivity (Wildman–Crippen MR) is 104 cm³/mol. The smallest absolute Gasteiger partial charge is 0.294 e. The highest BCUT2D eigenvalue weighted by Crippen LogP contribution is 2.34. The lowest BCUT2D eigenvalue weighted by Gasteiger charge is -2.14. The minimum absolute atomic E-state index is 0.00120. The molecular formula is C19H22N2O6S. The number of thioether (sulfide) groups is 1. The molecule has 0 unspecified atom stereocenters. The summed E-state index contributed by atoms with van der Waals surface area (Å²) in [5.74, 6) is 0.242. The molecule has 1 atom stereocenters. The molecule has 2 fully saturated rings. The third-order valence-corrected chi connectivity index (χ3v) is 5.36. The van der Waals surface area contributed by atoms with Gasteiger partial charge < -0.3 is 19.5 Å². The summed E-state index contributed by atoms with van der Waals surface area (Å²) in [6, 6.07) is 5.16. The number of ether oxygens (including phenoxy) is 3. The van der Waals surface area contributed by atoms with Gasteiger partial charge in [0.1, 0.15) is 18.0 Å². The monoisotopic (exact) mass is 406 g/mol. The second-order valence-corrected chi connectivity index (χ2v) is 7.31. The topological polar surface area (TPSA) is 94.2 Å². The van der Waals surface area contributed by atoms with E-state index in [1.165, 1.54) is 7.11 Å². The van der Waals surface area contributed by atoms with E-state index in [2.05, 4.69) is 5.32 Å². The van der Waals surface area contributed by atoms with Crippen molar-refractivity contribution in [2.75, 3.05) is 33.9 Å². The lowest BCUT2D eigenvalue weighted by atomic mass is 10.1. The largest absolute Gasteiger partial charge is 0.497 e. The number of hydrogen-bond donors (Lipinski definition) is 1. The normalized spacial score (nSPS) is 20.7. The maximum Gasteiger partial charge on any atom is 0.294 e. The van der Waals surface area contributed by atoms with Crippen LogP contribution in [0.25, 0.3) is 6.08 Å². The maximum absolute atomic E-state index is 12.6. The molecule has 0 radical (unpaired) electrons. The van der Waals surface area contributed by atoms with Gasteiger partial charge in [-0.3, -0.25) is 19.3 Å². The molecule has 0 aromatic heterocycles. The molecular weight excluding hydrogens is 384 g/mol. The van der Waals surface area contributed by atoms with Crippen LogP contribution in [0, 0.1) is 0 Å². The third-order valence-electron chi connectivity index (χ3n) is 4.45. The number of carbonyl (C=O) groups is 3. The number of benzene rings is 1. The van der Waals surface area contributed by atoms with Gasteiger partial charge in [-0.1, -0.05) is 0 Å². The van der Waals surface area contributed by atoms with Crippen molar-refractivity contribution in [3.8, 4) is 11.5 Å². The first-order valence-corrected chi connectivity index (χ1v) is 9.69. The van der Waals surface area contributed by atoms with Crippen LogP contribution in [-0.4, -0.2) is 62.0 Å². The fourth-order valence-electron chi connectivity index (χ4n) is 2.95. The molecule has 0 bridgehead atoms. The Bertz CT molecular complexity index is 804. The molecule has 3 amide bonds. The summed E-state index contributed by atoms with van der Waals surface area (Å²) in [6.45, 7) is 0.770. The van der Waals surface area contributed by atoms with E-state index in [0.717, 1.165) is 29.5 Å². The molecule has 3 rings (SSSR count). The van der Waals surface area contributed by atoms with Crippen molar-refractivity contribution < 1.29 is 28.6 Å². The van der Waals surface area contributed by atoms with Gasteiger partial charge in [-0.05, 0) is 42.8 Å². The van der Waals surface area contributed by atoms with Gasteiger partial charge in [0.15, 0.2) is 0 Å². The summed E-state index contributed by atoms with van der Waals surface area (Å²) in [4.78, 5) is 38.1. The van der Waals surface area contributed by atoms with Crippen LogP contribution in [0.4, 0.5) is 4.79 Å². The predicted octanol–water partition coefficient (Wildman–Crippen LogP) is 2.04. The van der Waals surface area contributed by atoms with Gasteiger partial charge in [-0.15, -0.1) is 0 Å². The number of carbonyl (C=O) groups excluding carboxylic acids is 3. The Balaban J connectivity index is 1.65. The number of amides is 3. The van der Waals surface area contributed by atoms with E-state index >= 15 is 0 Å². The van der Waals surface area contributed by atoms with E-state index in [1.54, 1.807) is 31.4 Å². The highest BCUT2D eigenvalue weighted by Gasteiger charge is 2.36. The SMILES string of the molecule is COc1ccc(/C=C2\SC(=O)N(CC(=O)NC[C@H]3CCCO3)C2=O)c(OC)c1. The van der Waals surface area contributed by atoms with E-state index in [9.17, 15) is 14.4 Å². The standard InChI is InChI=1S/C19H22N2O6S/c1-25-13-6-5-12(15(9-13)26-2)8-16-18(23)21(19(24)28-16)11-17(22)20-10-14-4-3-7-27-14/h5-6,8-9,14H,3-4,7,10-11H2,1-2H3,(H,20,22)/b16-8-/t14-/m1/s1. The first kappa shape index (κ1) is 20.2. The van der Waals surface area contributed by atoms with E-state index < -0.39 is 11.1 Å². The molecule has 28 heavy (non-hydrogen) atoms. The van der Waals surface area contributed by atoms with Crippen LogP contribution < -0.4 is 14.8 Å². The molecule has 0 saturated carbocycles. The number of nitrogens with zero attached hydrogens (tertiary/aromatic N) is 1. The molecule has 0 spiro atoms. The molecule has 8 nitrogen and oxygen atoms in total. The molecule has 9 heteroatoms. The fourth-order valence-corrected chi connectivity index (χ4v) is 3.78. The quantitative estimate of drug-likeness (QED) is 0.693. The van der Waals surface area contributed by atoms with Crippen LogP contribution in [-0.2, 0) is 14.3 Å². The molecule has 2 aliphatic rings. The third kappa shape index (κ3) is 4.66. The Morgan fingerprint density at radius 3 is 2.86 bits per heavy atom. The summed E-state index contributed by atoms with van der Waals surface area (Å²) >= 11 is 0.798. The molecule has 1 aromatic rings. The minimum Gasteiger partial charge on any atom is -0.497 e.